The smallest absolute Gasteiger partial charge is 0.264 e. The highest BCUT2D eigenvalue weighted by Crippen LogP contribution is 2.38. The molecule has 39 heavy (non-hydrogen) atoms. The molecule has 8 nitrogen and oxygen atoms in total. The minimum Gasteiger partial charge on any atom is -0.496 e. The van der Waals surface area contributed by atoms with E-state index in [1.807, 2.05) is 53.6 Å². The summed E-state index contributed by atoms with van der Waals surface area (Å²) in [7, 11) is 3.31. The molecule has 0 aliphatic carbocycles. The Kier molecular flexibility index (Phi) is 6.91. The Bertz CT molecular complexity index is 1530. The van der Waals surface area contributed by atoms with Gasteiger partial charge in [0.1, 0.15) is 22.8 Å². The van der Waals surface area contributed by atoms with E-state index in [1.165, 1.54) is 11.3 Å². The lowest BCUT2D eigenvalue weighted by molar-refractivity contribution is 0.0734. The fraction of sp³-hybridized carbons (Fsp3) is 0.333. The van der Waals surface area contributed by atoms with Gasteiger partial charge in [-0.05, 0) is 72.7 Å². The van der Waals surface area contributed by atoms with Gasteiger partial charge in [0.25, 0.3) is 5.91 Å². The first-order valence-electron chi connectivity index (χ1n) is 13.1. The molecule has 6 rings (SSSR count). The number of hydrogen-bond acceptors (Lipinski definition) is 8. The van der Waals surface area contributed by atoms with E-state index >= 15 is 0 Å². The second-order valence-electron chi connectivity index (χ2n) is 9.81. The lowest BCUT2D eigenvalue weighted by atomic mass is 10.1. The van der Waals surface area contributed by atoms with Crippen LogP contribution in [0.5, 0.6) is 23.0 Å². The Balaban J connectivity index is 1.45. The zero-order valence-electron chi connectivity index (χ0n) is 22.4. The van der Waals surface area contributed by atoms with Gasteiger partial charge in [-0.25, -0.2) is 4.98 Å². The SMILES string of the molecule is COc1ccc(OC)c2nc(N3CCCC3)c(CN(Cc3ccc4c(c3)OCO4)C(=O)c3sccc3C)cc12. The van der Waals surface area contributed by atoms with Gasteiger partial charge in [0, 0.05) is 30.6 Å². The number of nitrogens with zero attached hydrogens (tertiary/aromatic N) is 3. The number of rotatable bonds is 8. The van der Waals surface area contributed by atoms with E-state index in [4.69, 9.17) is 23.9 Å². The number of ether oxygens (including phenoxy) is 4. The highest BCUT2D eigenvalue weighted by molar-refractivity contribution is 7.12. The number of benzene rings is 2. The topological polar surface area (TPSA) is 73.4 Å². The number of aromatic nitrogens is 1. The van der Waals surface area contributed by atoms with E-state index in [0.29, 0.717) is 24.6 Å². The lowest BCUT2D eigenvalue weighted by Crippen LogP contribution is -2.31. The van der Waals surface area contributed by atoms with Crippen molar-refractivity contribution in [3.63, 3.8) is 0 Å². The maximum Gasteiger partial charge on any atom is 0.264 e. The van der Waals surface area contributed by atoms with E-state index < -0.39 is 0 Å². The first kappa shape index (κ1) is 25.3. The molecule has 1 saturated heterocycles. The molecule has 0 spiro atoms. The quantitative estimate of drug-likeness (QED) is 0.277. The van der Waals surface area contributed by atoms with Crippen molar-refractivity contribution in [3.05, 3.63) is 69.4 Å². The summed E-state index contributed by atoms with van der Waals surface area (Å²) in [5.41, 5.74) is 3.67. The molecule has 9 heteroatoms. The van der Waals surface area contributed by atoms with Crippen LogP contribution in [0.1, 0.15) is 39.2 Å². The average molecular weight is 546 g/mol. The molecule has 0 bridgehead atoms. The summed E-state index contributed by atoms with van der Waals surface area (Å²) in [6.07, 6.45) is 2.23. The molecule has 4 heterocycles. The molecule has 2 aliphatic heterocycles. The third-order valence-corrected chi connectivity index (χ3v) is 8.33. The van der Waals surface area contributed by atoms with Gasteiger partial charge < -0.3 is 28.7 Å². The fourth-order valence-electron chi connectivity index (χ4n) is 5.30. The van der Waals surface area contributed by atoms with Crippen LogP contribution in [0, 0.1) is 6.92 Å². The van der Waals surface area contributed by atoms with Crippen LogP contribution in [-0.4, -0.2) is 49.9 Å². The normalized spacial score (nSPS) is 14.2. The lowest BCUT2D eigenvalue weighted by Gasteiger charge is -2.27. The number of anilines is 1. The summed E-state index contributed by atoms with van der Waals surface area (Å²) in [4.78, 5) is 24.1. The first-order chi connectivity index (χ1) is 19.1. The molecular weight excluding hydrogens is 514 g/mol. The molecule has 1 fully saturated rings. The minimum absolute atomic E-state index is 0.00903. The van der Waals surface area contributed by atoms with Gasteiger partial charge in [-0.1, -0.05) is 6.07 Å². The van der Waals surface area contributed by atoms with Crippen LogP contribution >= 0.6 is 11.3 Å². The summed E-state index contributed by atoms with van der Waals surface area (Å²) in [6, 6.07) is 13.7. The number of methoxy groups -OCH3 is 2. The Hall–Kier alpha value is -3.98. The molecule has 202 valence electrons. The Labute approximate surface area is 231 Å². The van der Waals surface area contributed by atoms with Crippen molar-refractivity contribution < 1.29 is 23.7 Å². The Morgan fingerprint density at radius 2 is 1.77 bits per heavy atom. The number of carbonyl (C=O) groups is 1. The van der Waals surface area contributed by atoms with E-state index in [-0.39, 0.29) is 12.7 Å². The standard InChI is InChI=1S/C30H31N3O5S/c1-19-10-13-39-28(19)30(34)33(16-20-6-7-24-26(14-20)38-18-37-24)17-21-15-22-23(35-2)8-9-25(36-3)27(22)31-29(21)32-11-4-5-12-32/h6-10,13-15H,4-5,11-12,16-18H2,1-3H3. The second-order valence-corrected chi connectivity index (χ2v) is 10.7. The summed E-state index contributed by atoms with van der Waals surface area (Å²) in [6.45, 7) is 4.85. The summed E-state index contributed by atoms with van der Waals surface area (Å²) < 4.78 is 22.5. The van der Waals surface area contributed by atoms with Crippen molar-refractivity contribution >= 4 is 34.0 Å². The van der Waals surface area contributed by atoms with Crippen LogP contribution in [0.3, 0.4) is 0 Å². The monoisotopic (exact) mass is 545 g/mol. The second kappa shape index (κ2) is 10.6. The average Bonchev–Trinajstić information content (AvgIpc) is 3.73. The molecule has 4 aromatic rings. The van der Waals surface area contributed by atoms with Gasteiger partial charge in [0.05, 0.1) is 25.6 Å². The fourth-order valence-corrected chi connectivity index (χ4v) is 6.19. The van der Waals surface area contributed by atoms with Crippen LogP contribution in [0.15, 0.2) is 47.8 Å². The number of hydrogen-bond donors (Lipinski definition) is 0. The van der Waals surface area contributed by atoms with Gasteiger partial charge in [0.15, 0.2) is 11.5 Å². The highest BCUT2D eigenvalue weighted by atomic mass is 32.1. The summed E-state index contributed by atoms with van der Waals surface area (Å²) in [5, 5.41) is 2.82. The number of thiophene rings is 1. The Morgan fingerprint density at radius 3 is 2.51 bits per heavy atom. The van der Waals surface area contributed by atoms with Gasteiger partial charge in [-0.2, -0.15) is 0 Å². The van der Waals surface area contributed by atoms with Gasteiger partial charge >= 0.3 is 0 Å². The van der Waals surface area contributed by atoms with E-state index in [1.54, 1.807) is 14.2 Å². The Morgan fingerprint density at radius 1 is 1.00 bits per heavy atom. The summed E-state index contributed by atoms with van der Waals surface area (Å²) in [5.74, 6) is 3.72. The number of carbonyl (C=O) groups excluding carboxylic acids is 1. The number of aryl methyl sites for hydroxylation is 1. The molecular formula is C30H31N3O5S. The van der Waals surface area contributed by atoms with E-state index in [2.05, 4.69) is 11.0 Å². The van der Waals surface area contributed by atoms with Crippen molar-refractivity contribution in [1.29, 1.82) is 0 Å². The van der Waals surface area contributed by atoms with Gasteiger partial charge in [0.2, 0.25) is 6.79 Å². The first-order valence-corrected chi connectivity index (χ1v) is 13.9. The molecule has 0 N–H and O–H groups in total. The number of amides is 1. The van der Waals surface area contributed by atoms with Gasteiger partial charge in [-0.3, -0.25) is 4.79 Å². The third kappa shape index (κ3) is 4.83. The van der Waals surface area contributed by atoms with Crippen LogP contribution in [0.2, 0.25) is 0 Å². The summed E-state index contributed by atoms with van der Waals surface area (Å²) >= 11 is 1.47. The van der Waals surface area contributed by atoms with Crippen LogP contribution in [-0.2, 0) is 13.1 Å². The molecule has 2 aromatic carbocycles. The van der Waals surface area contributed by atoms with Crippen molar-refractivity contribution in [2.75, 3.05) is 39.0 Å². The molecule has 1 amide bonds. The molecule has 2 aromatic heterocycles. The highest BCUT2D eigenvalue weighted by Gasteiger charge is 2.26. The van der Waals surface area contributed by atoms with Crippen LogP contribution in [0.4, 0.5) is 5.82 Å². The van der Waals surface area contributed by atoms with Crippen molar-refractivity contribution in [1.82, 2.24) is 9.88 Å². The zero-order valence-corrected chi connectivity index (χ0v) is 23.2. The zero-order chi connectivity index (χ0) is 26.9. The molecule has 0 radical (unpaired) electrons. The van der Waals surface area contributed by atoms with Crippen molar-refractivity contribution in [2.24, 2.45) is 0 Å². The van der Waals surface area contributed by atoms with Crippen LogP contribution in [0.25, 0.3) is 10.9 Å². The maximum absolute atomic E-state index is 14.0. The van der Waals surface area contributed by atoms with E-state index in [9.17, 15) is 4.79 Å². The molecule has 0 atom stereocenters. The minimum atomic E-state index is -0.00903. The third-order valence-electron chi connectivity index (χ3n) is 7.32. The van der Waals surface area contributed by atoms with Crippen LogP contribution < -0.4 is 23.8 Å². The van der Waals surface area contributed by atoms with E-state index in [0.717, 1.165) is 75.7 Å². The maximum atomic E-state index is 14.0. The number of fused-ring (bicyclic) bond motifs is 2. The largest absolute Gasteiger partial charge is 0.496 e. The predicted molar refractivity (Wildman–Crippen MR) is 151 cm³/mol. The predicted octanol–water partition coefficient (Wildman–Crippen LogP) is 5.79. The number of pyridine rings is 1. The molecule has 0 saturated carbocycles. The molecule has 0 unspecified atom stereocenters. The van der Waals surface area contributed by atoms with Gasteiger partial charge in [-0.15, -0.1) is 11.3 Å². The van der Waals surface area contributed by atoms with Crippen molar-refractivity contribution in [3.8, 4) is 23.0 Å². The molecule has 2 aliphatic rings. The van der Waals surface area contributed by atoms with Crippen molar-refractivity contribution in [2.45, 2.75) is 32.9 Å².